The molecular weight excluding hydrogens is 390 g/mol. The third-order valence-corrected chi connectivity index (χ3v) is 9.04. The number of carbonyl (C=O) groups is 2. The van der Waals surface area contributed by atoms with Gasteiger partial charge in [0.25, 0.3) is 5.91 Å². The fourth-order valence-electron chi connectivity index (χ4n) is 5.33. The third kappa shape index (κ3) is 3.12. The van der Waals surface area contributed by atoms with Gasteiger partial charge in [-0.25, -0.2) is 0 Å². The Kier molecular flexibility index (Phi) is 5.07. The molecule has 0 unspecified atom stereocenters. The Morgan fingerprint density at radius 1 is 1.34 bits per heavy atom. The quantitative estimate of drug-likeness (QED) is 0.536. The topological polar surface area (TPSA) is 111 Å². The van der Waals surface area contributed by atoms with Crippen molar-refractivity contribution >= 4 is 31.5 Å². The number of carbonyl (C=O) groups excluding carboxylic acids is 2. The van der Waals surface area contributed by atoms with Crippen molar-refractivity contribution in [3.05, 3.63) is 23.8 Å². The van der Waals surface area contributed by atoms with Gasteiger partial charge in [0, 0.05) is 48.1 Å². The van der Waals surface area contributed by atoms with Crippen LogP contribution in [-0.2, 0) is 19.9 Å². The van der Waals surface area contributed by atoms with Crippen LogP contribution in [0.3, 0.4) is 0 Å². The van der Waals surface area contributed by atoms with Gasteiger partial charge in [0.05, 0.1) is 12.6 Å². The standard InChI is InChI=1S/C20H29N3O5Si/c1-12-18(29(2,3)27)16(6-9-24)28-20(12)14-10-13(4-5-15(14)22-19(20)26)23-8-7-21-11-17(23)25/h4-5,10,12,16,18,21,24,27H,6-9,11H2,1-3H3,(H,22,26)/t12-,16+,18-,20+/m1/s1. The van der Waals surface area contributed by atoms with Crippen LogP contribution in [0.15, 0.2) is 18.2 Å². The summed E-state index contributed by atoms with van der Waals surface area (Å²) >= 11 is 0. The Labute approximate surface area is 171 Å². The molecule has 2 saturated heterocycles. The van der Waals surface area contributed by atoms with E-state index in [-0.39, 0.29) is 36.4 Å². The number of nitrogens with zero attached hydrogens (tertiary/aromatic N) is 1. The van der Waals surface area contributed by atoms with Crippen molar-refractivity contribution in [3.63, 3.8) is 0 Å². The maximum Gasteiger partial charge on any atom is 0.261 e. The van der Waals surface area contributed by atoms with E-state index < -0.39 is 20.0 Å². The molecule has 4 atom stereocenters. The maximum atomic E-state index is 13.2. The summed E-state index contributed by atoms with van der Waals surface area (Å²) in [7, 11) is -2.68. The van der Waals surface area contributed by atoms with Gasteiger partial charge in [0.1, 0.15) is 0 Å². The van der Waals surface area contributed by atoms with E-state index in [1.807, 2.05) is 38.2 Å². The van der Waals surface area contributed by atoms with Gasteiger partial charge in [-0.3, -0.25) is 9.59 Å². The van der Waals surface area contributed by atoms with Gasteiger partial charge in [-0.1, -0.05) is 6.92 Å². The predicted octanol–water partition coefficient (Wildman–Crippen LogP) is 0.755. The minimum absolute atomic E-state index is 0.0112. The lowest BCUT2D eigenvalue weighted by Crippen LogP contribution is -2.48. The minimum Gasteiger partial charge on any atom is -0.432 e. The van der Waals surface area contributed by atoms with Gasteiger partial charge in [0.2, 0.25) is 5.91 Å². The predicted molar refractivity (Wildman–Crippen MR) is 111 cm³/mol. The van der Waals surface area contributed by atoms with Crippen molar-refractivity contribution in [3.8, 4) is 0 Å². The summed E-state index contributed by atoms with van der Waals surface area (Å²) in [6.45, 7) is 7.15. The van der Waals surface area contributed by atoms with E-state index >= 15 is 0 Å². The fraction of sp³-hybridized carbons (Fsp3) is 0.600. The van der Waals surface area contributed by atoms with Gasteiger partial charge in [-0.15, -0.1) is 0 Å². The number of benzene rings is 1. The lowest BCUT2D eigenvalue weighted by molar-refractivity contribution is -0.143. The second kappa shape index (κ2) is 7.17. The molecule has 3 aliphatic rings. The summed E-state index contributed by atoms with van der Waals surface area (Å²) in [6, 6.07) is 5.53. The van der Waals surface area contributed by atoms with E-state index in [2.05, 4.69) is 10.6 Å². The van der Waals surface area contributed by atoms with Crippen LogP contribution in [0, 0.1) is 5.92 Å². The molecule has 3 aliphatic heterocycles. The third-order valence-electron chi connectivity index (χ3n) is 6.54. The molecule has 1 aromatic rings. The molecule has 4 N–H and O–H groups in total. The molecule has 0 aromatic heterocycles. The summed E-state index contributed by atoms with van der Waals surface area (Å²) < 4.78 is 6.40. The fourth-order valence-corrected chi connectivity index (χ4v) is 7.93. The van der Waals surface area contributed by atoms with Gasteiger partial charge in [-0.05, 0) is 37.7 Å². The number of rotatable bonds is 4. The largest absolute Gasteiger partial charge is 0.432 e. The average Bonchev–Trinajstić information content (AvgIpc) is 3.10. The molecule has 9 heteroatoms. The molecular formula is C20H29N3O5Si. The zero-order valence-corrected chi connectivity index (χ0v) is 18.1. The number of aliphatic hydroxyl groups excluding tert-OH is 1. The van der Waals surface area contributed by atoms with Crippen molar-refractivity contribution in [2.75, 3.05) is 36.5 Å². The highest BCUT2D eigenvalue weighted by Gasteiger charge is 2.64. The monoisotopic (exact) mass is 419 g/mol. The first-order valence-corrected chi connectivity index (χ1v) is 13.2. The SMILES string of the molecule is C[C@@H]1[C@@H]([Si](C)(C)O)[C@H](CCO)O[C@@]12C(=O)Nc1ccc(N3CCNCC3=O)cc12. The molecule has 158 valence electrons. The van der Waals surface area contributed by atoms with Crippen molar-refractivity contribution in [1.29, 1.82) is 0 Å². The van der Waals surface area contributed by atoms with Gasteiger partial charge < -0.3 is 30.2 Å². The number of amides is 2. The maximum absolute atomic E-state index is 13.2. The summed E-state index contributed by atoms with van der Waals surface area (Å²) in [4.78, 5) is 38.2. The average molecular weight is 420 g/mol. The number of piperazine rings is 1. The van der Waals surface area contributed by atoms with E-state index in [9.17, 15) is 19.5 Å². The van der Waals surface area contributed by atoms with E-state index in [1.165, 1.54) is 0 Å². The second-order valence-electron chi connectivity index (χ2n) is 8.78. The Morgan fingerprint density at radius 3 is 2.76 bits per heavy atom. The Morgan fingerprint density at radius 2 is 2.10 bits per heavy atom. The lowest BCUT2D eigenvalue weighted by atomic mass is 9.82. The zero-order chi connectivity index (χ0) is 21.0. The molecule has 0 aliphatic carbocycles. The van der Waals surface area contributed by atoms with Crippen molar-refractivity contribution in [1.82, 2.24) is 5.32 Å². The van der Waals surface area contributed by atoms with Gasteiger partial charge in [-0.2, -0.15) is 0 Å². The molecule has 0 bridgehead atoms. The number of anilines is 2. The molecule has 8 nitrogen and oxygen atoms in total. The lowest BCUT2D eigenvalue weighted by Gasteiger charge is -2.32. The highest BCUT2D eigenvalue weighted by Crippen LogP contribution is 2.58. The van der Waals surface area contributed by atoms with E-state index in [0.29, 0.717) is 30.8 Å². The summed E-state index contributed by atoms with van der Waals surface area (Å²) in [5.41, 5.74) is 0.705. The summed E-state index contributed by atoms with van der Waals surface area (Å²) in [6.07, 6.45) is -0.0328. The van der Waals surface area contributed by atoms with Gasteiger partial charge >= 0.3 is 0 Å². The molecule has 2 fully saturated rings. The normalized spacial score (nSPS) is 32.0. The van der Waals surface area contributed by atoms with E-state index in [1.54, 1.807) is 4.90 Å². The highest BCUT2D eigenvalue weighted by molar-refractivity contribution is 6.71. The van der Waals surface area contributed by atoms with Crippen LogP contribution in [0.25, 0.3) is 0 Å². The molecule has 0 radical (unpaired) electrons. The molecule has 0 saturated carbocycles. The Bertz CT molecular complexity index is 842. The molecule has 1 aromatic carbocycles. The van der Waals surface area contributed by atoms with Crippen molar-refractivity contribution < 1.29 is 24.2 Å². The summed E-state index contributed by atoms with van der Waals surface area (Å²) in [5.74, 6) is -0.517. The second-order valence-corrected chi connectivity index (χ2v) is 12.8. The first-order valence-electron chi connectivity index (χ1n) is 10.2. The van der Waals surface area contributed by atoms with Crippen molar-refractivity contribution in [2.45, 2.75) is 43.7 Å². The van der Waals surface area contributed by atoms with Gasteiger partial charge in [0.15, 0.2) is 13.9 Å². The first kappa shape index (κ1) is 20.5. The zero-order valence-electron chi connectivity index (χ0n) is 17.1. The van der Waals surface area contributed by atoms with Crippen LogP contribution in [0.5, 0.6) is 0 Å². The van der Waals surface area contributed by atoms with Crippen LogP contribution in [0.1, 0.15) is 18.9 Å². The van der Waals surface area contributed by atoms with E-state index in [0.717, 1.165) is 5.69 Å². The number of nitrogens with one attached hydrogen (secondary N) is 2. The Hall–Kier alpha value is -1.78. The first-order chi connectivity index (χ1) is 13.7. The number of hydrogen-bond acceptors (Lipinski definition) is 6. The van der Waals surface area contributed by atoms with Crippen LogP contribution in [-0.4, -0.2) is 62.4 Å². The molecule has 4 rings (SSSR count). The number of hydrogen-bond donors (Lipinski definition) is 4. The van der Waals surface area contributed by atoms with Crippen LogP contribution in [0.4, 0.5) is 11.4 Å². The van der Waals surface area contributed by atoms with Crippen LogP contribution >= 0.6 is 0 Å². The number of aliphatic hydroxyl groups is 1. The highest BCUT2D eigenvalue weighted by atomic mass is 28.4. The van der Waals surface area contributed by atoms with E-state index in [4.69, 9.17) is 4.74 Å². The Balaban J connectivity index is 1.79. The molecule has 1 spiro atoms. The number of ether oxygens (including phenoxy) is 1. The minimum atomic E-state index is -2.68. The molecule has 2 amide bonds. The smallest absolute Gasteiger partial charge is 0.261 e. The van der Waals surface area contributed by atoms with Crippen LogP contribution in [0.2, 0.25) is 18.6 Å². The summed E-state index contributed by atoms with van der Waals surface area (Å²) in [5, 5.41) is 15.5. The number of fused-ring (bicyclic) bond motifs is 2. The van der Waals surface area contributed by atoms with Crippen LogP contribution < -0.4 is 15.5 Å². The van der Waals surface area contributed by atoms with Crippen molar-refractivity contribution in [2.24, 2.45) is 5.92 Å². The molecule has 3 heterocycles. The molecule has 29 heavy (non-hydrogen) atoms.